The lowest BCUT2D eigenvalue weighted by Crippen LogP contribution is -2.60. The molecule has 6 unspecified atom stereocenters. The number of carbonyl (C=O) groups is 4. The van der Waals surface area contributed by atoms with E-state index in [9.17, 15) is 28.7 Å². The van der Waals surface area contributed by atoms with Crippen molar-refractivity contribution in [2.75, 3.05) is 18.6 Å². The lowest BCUT2D eigenvalue weighted by Gasteiger charge is -2.50. The molecule has 1 N–H and O–H groups in total. The predicted octanol–water partition coefficient (Wildman–Crippen LogP) is 5.12. The number of hydrogen-bond donors (Lipinski definition) is 1. The Hall–Kier alpha value is -2.70. The molecule has 220 valence electrons. The second-order valence-corrected chi connectivity index (χ2v) is 13.5. The number of amides is 4. The number of imide groups is 2. The van der Waals surface area contributed by atoms with Crippen molar-refractivity contribution in [3.8, 4) is 11.5 Å². The summed E-state index contributed by atoms with van der Waals surface area (Å²) >= 11 is 16.6. The zero-order valence-electron chi connectivity index (χ0n) is 22.6. The maximum atomic E-state index is 14.4. The molecule has 2 aliphatic heterocycles. The third kappa shape index (κ3) is 3.83. The Morgan fingerprint density at radius 3 is 2.40 bits per heavy atom. The highest BCUT2D eigenvalue weighted by molar-refractivity contribution is 14.1. The predicted molar refractivity (Wildman–Crippen MR) is 161 cm³/mol. The van der Waals surface area contributed by atoms with Gasteiger partial charge in [0.15, 0.2) is 21.2 Å². The molecule has 4 amide bonds. The van der Waals surface area contributed by atoms with Gasteiger partial charge in [0.25, 0.3) is 11.8 Å². The zero-order chi connectivity index (χ0) is 30.3. The number of aromatic hydroxyl groups is 1. The van der Waals surface area contributed by atoms with E-state index >= 15 is 0 Å². The van der Waals surface area contributed by atoms with E-state index in [0.717, 1.165) is 17.0 Å². The summed E-state index contributed by atoms with van der Waals surface area (Å²) in [5.41, 5.74) is 1.19. The summed E-state index contributed by atoms with van der Waals surface area (Å²) in [5, 5.41) is 10.6. The lowest BCUT2D eigenvalue weighted by molar-refractivity contribution is -0.140. The quantitative estimate of drug-likeness (QED) is 0.199. The average molecular weight is 727 g/mol. The van der Waals surface area contributed by atoms with E-state index in [0.29, 0.717) is 21.1 Å². The summed E-state index contributed by atoms with van der Waals surface area (Å²) in [7, 11) is 1.39. The van der Waals surface area contributed by atoms with Crippen LogP contribution in [0, 0.1) is 27.1 Å². The second-order valence-electron chi connectivity index (χ2n) is 11.1. The summed E-state index contributed by atoms with van der Waals surface area (Å²) in [4.78, 5) is 53.7. The number of allylic oxidation sites excluding steroid dienone is 2. The van der Waals surface area contributed by atoms with Gasteiger partial charge in [0.2, 0.25) is 11.8 Å². The zero-order valence-corrected chi connectivity index (χ0v) is 26.2. The van der Waals surface area contributed by atoms with Crippen LogP contribution in [-0.2, 0) is 19.2 Å². The fourth-order valence-corrected chi connectivity index (χ4v) is 8.76. The minimum atomic E-state index is -2.06. The maximum absolute atomic E-state index is 14.4. The number of ether oxygens (including phenoxy) is 1. The number of phenolic OH excluding ortho intramolecular Hbond substituents is 1. The van der Waals surface area contributed by atoms with Gasteiger partial charge in [-0.05, 0) is 89.7 Å². The molecule has 6 atom stereocenters. The molecule has 12 heteroatoms. The summed E-state index contributed by atoms with van der Waals surface area (Å²) in [5.74, 6) is -5.77. The number of fused-ring (bicyclic) bond motifs is 4. The Bertz CT molecular complexity index is 1580. The van der Waals surface area contributed by atoms with E-state index in [2.05, 4.69) is 0 Å². The minimum Gasteiger partial charge on any atom is -0.504 e. The number of phenols is 1. The van der Waals surface area contributed by atoms with E-state index in [1.54, 1.807) is 12.1 Å². The largest absolute Gasteiger partial charge is 0.504 e. The van der Waals surface area contributed by atoms with Crippen molar-refractivity contribution < 1.29 is 33.4 Å². The van der Waals surface area contributed by atoms with E-state index in [1.165, 1.54) is 24.1 Å². The number of hydrogen-bond acceptors (Lipinski definition) is 6. The first-order chi connectivity index (χ1) is 19.9. The van der Waals surface area contributed by atoms with Crippen LogP contribution >= 0.6 is 45.8 Å². The summed E-state index contributed by atoms with van der Waals surface area (Å²) < 4.78 is 19.6. The number of carbonyl (C=O) groups excluding carboxylic acids is 4. The van der Waals surface area contributed by atoms with Crippen LogP contribution in [-0.4, -0.2) is 57.0 Å². The molecule has 8 nitrogen and oxygen atoms in total. The molecule has 2 aliphatic carbocycles. The molecule has 1 saturated carbocycles. The number of rotatable bonds is 5. The van der Waals surface area contributed by atoms with Crippen LogP contribution in [0.1, 0.15) is 37.7 Å². The van der Waals surface area contributed by atoms with Gasteiger partial charge in [0, 0.05) is 12.5 Å². The molecule has 4 aliphatic rings. The first-order valence-electron chi connectivity index (χ1n) is 13.5. The van der Waals surface area contributed by atoms with Gasteiger partial charge in [0.1, 0.15) is 5.82 Å². The molecule has 2 heterocycles. The molecular weight excluding hydrogens is 701 g/mol. The topological polar surface area (TPSA) is 104 Å². The third-order valence-electron chi connectivity index (χ3n) is 9.04. The Kier molecular flexibility index (Phi) is 7.13. The molecule has 2 aromatic carbocycles. The minimum absolute atomic E-state index is 0.105. The fourth-order valence-electron chi connectivity index (χ4n) is 7.20. The molecule has 42 heavy (non-hydrogen) atoms. The Morgan fingerprint density at radius 1 is 1.07 bits per heavy atom. The van der Waals surface area contributed by atoms with Gasteiger partial charge in [0.05, 0.1) is 28.2 Å². The molecule has 6 rings (SSSR count). The van der Waals surface area contributed by atoms with E-state index in [1.807, 2.05) is 35.6 Å². The number of nitrogens with zero attached hydrogens (tertiary/aromatic N) is 2. The Labute approximate surface area is 264 Å². The SMILES string of the molecule is CCCN1C(=O)C2CC=C3C(CC4(Cl)C(=O)N(c5ccc(F)cc5)C(=O)C4(Cl)C3c3cc(I)c(O)c(OC)c3)C2C1=O. The van der Waals surface area contributed by atoms with Crippen molar-refractivity contribution in [3.05, 3.63) is 63.0 Å². The molecule has 0 aromatic heterocycles. The number of halogens is 4. The molecule has 2 saturated heterocycles. The molecule has 2 aromatic rings. The number of likely N-dealkylation sites (tertiary alicyclic amines) is 1. The summed E-state index contributed by atoms with van der Waals surface area (Å²) in [6.07, 6.45) is 2.55. The van der Waals surface area contributed by atoms with Gasteiger partial charge in [-0.15, -0.1) is 23.2 Å². The van der Waals surface area contributed by atoms with Crippen molar-refractivity contribution in [3.63, 3.8) is 0 Å². The van der Waals surface area contributed by atoms with Gasteiger partial charge >= 0.3 is 0 Å². The van der Waals surface area contributed by atoms with Crippen LogP contribution in [0.3, 0.4) is 0 Å². The van der Waals surface area contributed by atoms with Gasteiger partial charge in [-0.25, -0.2) is 9.29 Å². The monoisotopic (exact) mass is 726 g/mol. The smallest absolute Gasteiger partial charge is 0.258 e. The standard InChI is InChI=1S/C30H26Cl2FIN2O6/c1-3-10-35-25(38)18-9-8-17-19(22(18)26(35)39)13-29(31)27(40)36(16-6-4-15(33)5-7-16)28(41)30(29,32)23(17)14-11-20(34)24(37)21(12-14)42-2/h4-8,11-12,18-19,22-23,37H,3,9-10,13H2,1-2H3. The maximum Gasteiger partial charge on any atom is 0.258 e. The number of alkyl halides is 2. The first-order valence-corrected chi connectivity index (χ1v) is 15.4. The summed E-state index contributed by atoms with van der Waals surface area (Å²) in [6.45, 7) is 2.16. The van der Waals surface area contributed by atoms with Crippen LogP contribution in [0.5, 0.6) is 11.5 Å². The molecule has 0 bridgehead atoms. The van der Waals surface area contributed by atoms with Crippen molar-refractivity contribution in [1.82, 2.24) is 4.90 Å². The van der Waals surface area contributed by atoms with Gasteiger partial charge in [-0.3, -0.25) is 24.1 Å². The third-order valence-corrected chi connectivity index (χ3v) is 11.3. The molecule has 0 spiro atoms. The van der Waals surface area contributed by atoms with Crippen molar-refractivity contribution >= 4 is 75.1 Å². The van der Waals surface area contributed by atoms with Gasteiger partial charge < -0.3 is 9.84 Å². The fraction of sp³-hybridized carbons (Fsp3) is 0.400. The molecular formula is C30H26Cl2FIN2O6. The highest BCUT2D eigenvalue weighted by Gasteiger charge is 2.76. The normalized spacial score (nSPS) is 32.1. The number of anilines is 1. The highest BCUT2D eigenvalue weighted by atomic mass is 127. The Balaban J connectivity index is 1.58. The van der Waals surface area contributed by atoms with Crippen molar-refractivity contribution in [2.24, 2.45) is 17.8 Å². The van der Waals surface area contributed by atoms with Gasteiger partial charge in [-0.1, -0.05) is 18.6 Å². The van der Waals surface area contributed by atoms with Gasteiger partial charge in [-0.2, -0.15) is 0 Å². The lowest BCUT2D eigenvalue weighted by atomic mass is 9.56. The van der Waals surface area contributed by atoms with E-state index in [4.69, 9.17) is 27.9 Å². The second kappa shape index (κ2) is 10.2. The van der Waals surface area contributed by atoms with Crippen LogP contribution in [0.25, 0.3) is 0 Å². The molecule has 3 fully saturated rings. The van der Waals surface area contributed by atoms with Crippen LogP contribution in [0.15, 0.2) is 48.0 Å². The number of benzene rings is 2. The van der Waals surface area contributed by atoms with Crippen molar-refractivity contribution in [1.29, 1.82) is 0 Å². The molecule has 0 radical (unpaired) electrons. The number of methoxy groups -OCH3 is 1. The van der Waals surface area contributed by atoms with E-state index < -0.39 is 51.1 Å². The van der Waals surface area contributed by atoms with Crippen LogP contribution in [0.4, 0.5) is 10.1 Å². The first kappa shape index (κ1) is 29.4. The van der Waals surface area contributed by atoms with Crippen molar-refractivity contribution in [2.45, 2.75) is 41.9 Å². The average Bonchev–Trinajstić information content (AvgIpc) is 3.29. The van der Waals surface area contributed by atoms with Crippen LogP contribution in [0.2, 0.25) is 0 Å². The van der Waals surface area contributed by atoms with Crippen LogP contribution < -0.4 is 9.64 Å². The highest BCUT2D eigenvalue weighted by Crippen LogP contribution is 2.66. The summed E-state index contributed by atoms with van der Waals surface area (Å²) in [6, 6.07) is 8.04. The van der Waals surface area contributed by atoms with E-state index in [-0.39, 0.29) is 48.4 Å². The Morgan fingerprint density at radius 2 is 1.76 bits per heavy atom.